The van der Waals surface area contributed by atoms with Crippen LogP contribution in [0.1, 0.15) is 41.5 Å². The molecule has 0 aromatic heterocycles. The summed E-state index contributed by atoms with van der Waals surface area (Å²) in [6, 6.07) is 12.3. The molecule has 2 aromatic rings. The SMILES string of the molecule is Cc1cc(OCC(=O)NCc2ccccc2CN2CCCCC2)cc(C)c1Br. The molecule has 0 radical (unpaired) electrons. The molecule has 0 aliphatic carbocycles. The summed E-state index contributed by atoms with van der Waals surface area (Å²) in [7, 11) is 0. The Hall–Kier alpha value is -1.85. The van der Waals surface area contributed by atoms with Crippen LogP contribution in [0.5, 0.6) is 5.75 Å². The van der Waals surface area contributed by atoms with E-state index in [1.54, 1.807) is 0 Å². The highest BCUT2D eigenvalue weighted by Crippen LogP contribution is 2.26. The zero-order valence-electron chi connectivity index (χ0n) is 16.8. The number of halogens is 1. The van der Waals surface area contributed by atoms with Crippen molar-refractivity contribution in [3.05, 3.63) is 63.1 Å². The van der Waals surface area contributed by atoms with Crippen molar-refractivity contribution in [2.75, 3.05) is 19.7 Å². The Kier molecular flexibility index (Phi) is 7.51. The Bertz CT molecular complexity index is 793. The number of hydrogen-bond acceptors (Lipinski definition) is 3. The molecule has 1 amide bonds. The number of likely N-dealkylation sites (tertiary alicyclic amines) is 1. The fourth-order valence-electron chi connectivity index (χ4n) is 3.63. The summed E-state index contributed by atoms with van der Waals surface area (Å²) in [6.45, 7) is 7.88. The molecule has 0 unspecified atom stereocenters. The topological polar surface area (TPSA) is 41.6 Å². The maximum Gasteiger partial charge on any atom is 0.258 e. The summed E-state index contributed by atoms with van der Waals surface area (Å²) < 4.78 is 6.76. The molecule has 1 saturated heterocycles. The van der Waals surface area contributed by atoms with Crippen LogP contribution >= 0.6 is 15.9 Å². The fourth-order valence-corrected chi connectivity index (χ4v) is 3.85. The van der Waals surface area contributed by atoms with Gasteiger partial charge in [0.1, 0.15) is 5.75 Å². The Balaban J connectivity index is 1.52. The van der Waals surface area contributed by atoms with Crippen LogP contribution in [0.3, 0.4) is 0 Å². The molecule has 150 valence electrons. The van der Waals surface area contributed by atoms with Crippen molar-refractivity contribution in [3.63, 3.8) is 0 Å². The Labute approximate surface area is 176 Å². The van der Waals surface area contributed by atoms with Crippen LogP contribution in [0.15, 0.2) is 40.9 Å². The minimum Gasteiger partial charge on any atom is -0.484 e. The second-order valence-electron chi connectivity index (χ2n) is 7.54. The van der Waals surface area contributed by atoms with E-state index in [2.05, 4.69) is 44.3 Å². The standard InChI is InChI=1S/C23H29BrN2O2/c1-17-12-21(13-18(2)23(17)24)28-16-22(27)25-14-19-8-4-5-9-20(19)15-26-10-6-3-7-11-26/h4-5,8-9,12-13H,3,6-7,10-11,14-16H2,1-2H3,(H,25,27). The predicted octanol–water partition coefficient (Wildman–Crippen LogP) is 4.75. The molecule has 1 aliphatic heterocycles. The number of amides is 1. The van der Waals surface area contributed by atoms with Crippen molar-refractivity contribution in [1.29, 1.82) is 0 Å². The van der Waals surface area contributed by atoms with Crippen molar-refractivity contribution >= 4 is 21.8 Å². The van der Waals surface area contributed by atoms with E-state index in [9.17, 15) is 4.79 Å². The predicted molar refractivity (Wildman–Crippen MR) is 117 cm³/mol. The maximum atomic E-state index is 12.3. The Morgan fingerprint density at radius 2 is 1.71 bits per heavy atom. The number of carbonyl (C=O) groups excluding carboxylic acids is 1. The van der Waals surface area contributed by atoms with E-state index in [0.717, 1.165) is 27.9 Å². The monoisotopic (exact) mass is 444 g/mol. The second kappa shape index (κ2) is 10.1. The number of nitrogens with zero attached hydrogens (tertiary/aromatic N) is 1. The van der Waals surface area contributed by atoms with Gasteiger partial charge in [0, 0.05) is 17.6 Å². The van der Waals surface area contributed by atoms with Gasteiger partial charge in [-0.3, -0.25) is 9.69 Å². The molecule has 1 fully saturated rings. The van der Waals surface area contributed by atoms with Crippen LogP contribution in [0.25, 0.3) is 0 Å². The molecule has 0 saturated carbocycles. The molecule has 0 spiro atoms. The molecule has 1 aliphatic rings. The van der Waals surface area contributed by atoms with E-state index in [4.69, 9.17) is 4.74 Å². The molecule has 28 heavy (non-hydrogen) atoms. The molecular weight excluding hydrogens is 416 g/mol. The summed E-state index contributed by atoms with van der Waals surface area (Å²) in [6.07, 6.45) is 3.90. The molecule has 1 N–H and O–H groups in total. The van der Waals surface area contributed by atoms with Crippen molar-refractivity contribution in [2.45, 2.75) is 46.2 Å². The van der Waals surface area contributed by atoms with Gasteiger partial charge in [0.15, 0.2) is 6.61 Å². The summed E-state index contributed by atoms with van der Waals surface area (Å²) in [5.41, 5.74) is 4.67. The van der Waals surface area contributed by atoms with Gasteiger partial charge in [-0.05, 0) is 74.2 Å². The van der Waals surface area contributed by atoms with E-state index < -0.39 is 0 Å². The molecule has 0 bridgehead atoms. The van der Waals surface area contributed by atoms with Crippen LogP contribution in [-0.2, 0) is 17.9 Å². The highest BCUT2D eigenvalue weighted by Gasteiger charge is 2.13. The fraction of sp³-hybridized carbons (Fsp3) is 0.435. The highest BCUT2D eigenvalue weighted by atomic mass is 79.9. The number of piperidine rings is 1. The van der Waals surface area contributed by atoms with E-state index in [-0.39, 0.29) is 12.5 Å². The van der Waals surface area contributed by atoms with Gasteiger partial charge in [0.05, 0.1) is 0 Å². The first kappa shape index (κ1) is 20.9. The van der Waals surface area contributed by atoms with Crippen LogP contribution in [0, 0.1) is 13.8 Å². The number of hydrogen-bond donors (Lipinski definition) is 1. The van der Waals surface area contributed by atoms with E-state index in [0.29, 0.717) is 6.54 Å². The lowest BCUT2D eigenvalue weighted by Crippen LogP contribution is -2.31. The molecule has 2 aromatic carbocycles. The average Bonchev–Trinajstić information content (AvgIpc) is 2.70. The number of ether oxygens (including phenoxy) is 1. The number of nitrogens with one attached hydrogen (secondary N) is 1. The van der Waals surface area contributed by atoms with Crippen LogP contribution in [0.4, 0.5) is 0 Å². The first-order valence-electron chi connectivity index (χ1n) is 9.98. The second-order valence-corrected chi connectivity index (χ2v) is 8.33. The zero-order chi connectivity index (χ0) is 19.9. The van der Waals surface area contributed by atoms with Gasteiger partial charge >= 0.3 is 0 Å². The van der Waals surface area contributed by atoms with Gasteiger partial charge in [-0.2, -0.15) is 0 Å². The minimum atomic E-state index is -0.106. The Morgan fingerprint density at radius 3 is 2.39 bits per heavy atom. The quantitative estimate of drug-likeness (QED) is 0.669. The van der Waals surface area contributed by atoms with Crippen molar-refractivity contribution in [1.82, 2.24) is 10.2 Å². The van der Waals surface area contributed by atoms with E-state index >= 15 is 0 Å². The average molecular weight is 445 g/mol. The molecule has 3 rings (SSSR count). The first-order chi connectivity index (χ1) is 13.5. The lowest BCUT2D eigenvalue weighted by Gasteiger charge is -2.27. The normalized spacial score (nSPS) is 14.7. The van der Waals surface area contributed by atoms with Crippen molar-refractivity contribution < 1.29 is 9.53 Å². The molecule has 1 heterocycles. The summed E-state index contributed by atoms with van der Waals surface area (Å²) in [5.74, 6) is 0.616. The smallest absolute Gasteiger partial charge is 0.258 e. The molecule has 0 atom stereocenters. The maximum absolute atomic E-state index is 12.3. The molecular formula is C23H29BrN2O2. The molecule has 5 heteroatoms. The van der Waals surface area contributed by atoms with Crippen LogP contribution in [-0.4, -0.2) is 30.5 Å². The van der Waals surface area contributed by atoms with Crippen LogP contribution in [0.2, 0.25) is 0 Å². The lowest BCUT2D eigenvalue weighted by atomic mass is 10.0. The summed E-state index contributed by atoms with van der Waals surface area (Å²) >= 11 is 3.55. The van der Waals surface area contributed by atoms with E-state index in [1.165, 1.54) is 43.5 Å². The van der Waals surface area contributed by atoms with Crippen LogP contribution < -0.4 is 10.1 Å². The summed E-state index contributed by atoms with van der Waals surface area (Å²) in [4.78, 5) is 14.8. The number of aryl methyl sites for hydroxylation is 2. The van der Waals surface area contributed by atoms with Gasteiger partial charge in [-0.15, -0.1) is 0 Å². The van der Waals surface area contributed by atoms with Gasteiger partial charge in [0.25, 0.3) is 5.91 Å². The molecule has 4 nitrogen and oxygen atoms in total. The van der Waals surface area contributed by atoms with Gasteiger partial charge in [-0.25, -0.2) is 0 Å². The largest absolute Gasteiger partial charge is 0.484 e. The van der Waals surface area contributed by atoms with Crippen molar-refractivity contribution in [3.8, 4) is 5.75 Å². The highest BCUT2D eigenvalue weighted by molar-refractivity contribution is 9.10. The van der Waals surface area contributed by atoms with Gasteiger partial charge in [-0.1, -0.05) is 46.6 Å². The third kappa shape index (κ3) is 5.82. The van der Waals surface area contributed by atoms with E-state index in [1.807, 2.05) is 32.0 Å². The van der Waals surface area contributed by atoms with Gasteiger partial charge in [0.2, 0.25) is 0 Å². The Morgan fingerprint density at radius 1 is 1.07 bits per heavy atom. The third-order valence-electron chi connectivity index (χ3n) is 5.22. The number of rotatable bonds is 7. The van der Waals surface area contributed by atoms with Gasteiger partial charge < -0.3 is 10.1 Å². The zero-order valence-corrected chi connectivity index (χ0v) is 18.3. The first-order valence-corrected chi connectivity index (χ1v) is 10.8. The minimum absolute atomic E-state index is 0.0226. The number of carbonyl (C=O) groups is 1. The third-order valence-corrected chi connectivity index (χ3v) is 6.47. The summed E-state index contributed by atoms with van der Waals surface area (Å²) in [5, 5.41) is 3.00. The lowest BCUT2D eigenvalue weighted by molar-refractivity contribution is -0.123. The number of benzene rings is 2. The van der Waals surface area contributed by atoms with Crippen molar-refractivity contribution in [2.24, 2.45) is 0 Å².